The molecule has 94 valence electrons. The van der Waals surface area contributed by atoms with E-state index in [1.165, 1.54) is 0 Å². The van der Waals surface area contributed by atoms with Gasteiger partial charge in [-0.15, -0.1) is 5.10 Å². The van der Waals surface area contributed by atoms with E-state index < -0.39 is 0 Å². The van der Waals surface area contributed by atoms with E-state index in [0.29, 0.717) is 11.7 Å². The van der Waals surface area contributed by atoms with Crippen molar-refractivity contribution in [2.75, 3.05) is 5.73 Å². The minimum absolute atomic E-state index is 0.159. The standard InChI is InChI=1S/C13H16N4O/c1-8-9(10-4-2-3-5-11(10)18)6-7-12-15-13(14)16-17(8)12/h2-5,8-9,18H,6-7H2,1H3,(H2,14,16). The molecule has 0 aliphatic carbocycles. The van der Waals surface area contributed by atoms with Crippen molar-refractivity contribution in [2.45, 2.75) is 31.7 Å². The number of benzene rings is 1. The number of nitrogens with zero attached hydrogens (tertiary/aromatic N) is 3. The van der Waals surface area contributed by atoms with Crippen LogP contribution in [0.25, 0.3) is 0 Å². The Bertz CT molecular complexity index is 578. The van der Waals surface area contributed by atoms with Crippen LogP contribution in [-0.2, 0) is 6.42 Å². The summed E-state index contributed by atoms with van der Waals surface area (Å²) in [6.45, 7) is 2.09. The van der Waals surface area contributed by atoms with Gasteiger partial charge >= 0.3 is 0 Å². The van der Waals surface area contributed by atoms with E-state index in [0.717, 1.165) is 24.2 Å². The molecule has 0 radical (unpaired) electrons. The Morgan fingerprint density at radius 2 is 2.17 bits per heavy atom. The van der Waals surface area contributed by atoms with Crippen LogP contribution >= 0.6 is 0 Å². The predicted molar refractivity (Wildman–Crippen MR) is 68.3 cm³/mol. The van der Waals surface area contributed by atoms with E-state index in [4.69, 9.17) is 5.73 Å². The van der Waals surface area contributed by atoms with Crippen molar-refractivity contribution in [2.24, 2.45) is 0 Å². The molecule has 5 heteroatoms. The van der Waals surface area contributed by atoms with Gasteiger partial charge in [0.15, 0.2) is 0 Å². The third-order valence-electron chi connectivity index (χ3n) is 3.70. The SMILES string of the molecule is CC1C(c2ccccc2O)CCc2nc(N)nn21. The molecule has 18 heavy (non-hydrogen) atoms. The molecular weight excluding hydrogens is 228 g/mol. The first kappa shape index (κ1) is 11.1. The summed E-state index contributed by atoms with van der Waals surface area (Å²) in [6, 6.07) is 7.65. The second-order valence-electron chi connectivity index (χ2n) is 4.78. The molecule has 0 fully saturated rings. The van der Waals surface area contributed by atoms with Gasteiger partial charge in [0.2, 0.25) is 5.95 Å². The number of anilines is 1. The van der Waals surface area contributed by atoms with Crippen molar-refractivity contribution >= 4 is 5.95 Å². The molecule has 0 amide bonds. The number of rotatable bonds is 1. The zero-order chi connectivity index (χ0) is 12.7. The van der Waals surface area contributed by atoms with Crippen molar-refractivity contribution in [1.82, 2.24) is 14.8 Å². The van der Waals surface area contributed by atoms with E-state index in [2.05, 4.69) is 17.0 Å². The zero-order valence-corrected chi connectivity index (χ0v) is 10.2. The van der Waals surface area contributed by atoms with E-state index >= 15 is 0 Å². The van der Waals surface area contributed by atoms with Gasteiger partial charge < -0.3 is 10.8 Å². The predicted octanol–water partition coefficient (Wildman–Crippen LogP) is 1.86. The van der Waals surface area contributed by atoms with Gasteiger partial charge in [-0.3, -0.25) is 0 Å². The van der Waals surface area contributed by atoms with Crippen LogP contribution in [0, 0.1) is 0 Å². The molecule has 3 N–H and O–H groups in total. The van der Waals surface area contributed by atoms with Gasteiger partial charge in [-0.05, 0) is 25.0 Å². The maximum Gasteiger partial charge on any atom is 0.239 e. The van der Waals surface area contributed by atoms with Gasteiger partial charge in [0, 0.05) is 12.3 Å². The van der Waals surface area contributed by atoms with Gasteiger partial charge in [0.05, 0.1) is 6.04 Å². The lowest BCUT2D eigenvalue weighted by Crippen LogP contribution is -2.24. The Morgan fingerprint density at radius 1 is 1.39 bits per heavy atom. The summed E-state index contributed by atoms with van der Waals surface area (Å²) >= 11 is 0. The molecule has 2 heterocycles. The van der Waals surface area contributed by atoms with E-state index in [9.17, 15) is 5.11 Å². The van der Waals surface area contributed by atoms with Gasteiger partial charge in [-0.1, -0.05) is 18.2 Å². The molecular formula is C13H16N4O. The summed E-state index contributed by atoms with van der Waals surface area (Å²) in [5, 5.41) is 14.2. The van der Waals surface area contributed by atoms with Gasteiger partial charge in [-0.25, -0.2) is 4.68 Å². The first-order chi connectivity index (χ1) is 8.66. The van der Waals surface area contributed by atoms with Gasteiger partial charge in [0.1, 0.15) is 11.6 Å². The van der Waals surface area contributed by atoms with Gasteiger partial charge in [-0.2, -0.15) is 4.98 Å². The normalized spacial score (nSPS) is 22.7. The van der Waals surface area contributed by atoms with Crippen molar-refractivity contribution in [1.29, 1.82) is 0 Å². The molecule has 0 saturated carbocycles. The van der Waals surface area contributed by atoms with Crippen LogP contribution in [-0.4, -0.2) is 19.9 Å². The zero-order valence-electron chi connectivity index (χ0n) is 10.2. The Labute approximate surface area is 105 Å². The highest BCUT2D eigenvalue weighted by Crippen LogP contribution is 2.40. The Morgan fingerprint density at radius 3 is 2.94 bits per heavy atom. The molecule has 1 aromatic carbocycles. The molecule has 2 aromatic rings. The van der Waals surface area contributed by atoms with Crippen molar-refractivity contribution in [3.8, 4) is 5.75 Å². The second kappa shape index (κ2) is 4.01. The minimum atomic E-state index is 0.159. The minimum Gasteiger partial charge on any atom is -0.508 e. The lowest BCUT2D eigenvalue weighted by molar-refractivity contribution is 0.330. The topological polar surface area (TPSA) is 77.0 Å². The third kappa shape index (κ3) is 1.63. The number of aryl methyl sites for hydroxylation is 1. The summed E-state index contributed by atoms with van der Waals surface area (Å²) in [5.74, 6) is 1.87. The van der Waals surface area contributed by atoms with Crippen LogP contribution in [0.1, 0.15) is 36.7 Å². The number of aromatic nitrogens is 3. The lowest BCUT2D eigenvalue weighted by Gasteiger charge is -2.30. The molecule has 1 aliphatic rings. The maximum atomic E-state index is 9.96. The van der Waals surface area contributed by atoms with Crippen molar-refractivity contribution < 1.29 is 5.11 Å². The molecule has 0 spiro atoms. The molecule has 3 rings (SSSR count). The fourth-order valence-electron chi connectivity index (χ4n) is 2.78. The third-order valence-corrected chi connectivity index (χ3v) is 3.70. The Balaban J connectivity index is 2.00. The van der Waals surface area contributed by atoms with Crippen LogP contribution in [0.5, 0.6) is 5.75 Å². The molecule has 1 aromatic heterocycles. The fourth-order valence-corrected chi connectivity index (χ4v) is 2.78. The first-order valence-corrected chi connectivity index (χ1v) is 6.15. The highest BCUT2D eigenvalue weighted by molar-refractivity contribution is 5.36. The largest absolute Gasteiger partial charge is 0.508 e. The molecule has 2 unspecified atom stereocenters. The molecule has 2 atom stereocenters. The number of para-hydroxylation sites is 1. The van der Waals surface area contributed by atoms with Crippen LogP contribution in [0.15, 0.2) is 24.3 Å². The quantitative estimate of drug-likeness (QED) is 0.802. The maximum absolute atomic E-state index is 9.96. The molecule has 0 saturated heterocycles. The smallest absolute Gasteiger partial charge is 0.239 e. The number of hydrogen-bond donors (Lipinski definition) is 2. The summed E-state index contributed by atoms with van der Waals surface area (Å²) in [6.07, 6.45) is 1.80. The summed E-state index contributed by atoms with van der Waals surface area (Å²) in [5.41, 5.74) is 6.62. The average molecular weight is 244 g/mol. The first-order valence-electron chi connectivity index (χ1n) is 6.15. The Kier molecular flexibility index (Phi) is 2.47. The number of aromatic hydroxyl groups is 1. The monoisotopic (exact) mass is 244 g/mol. The summed E-state index contributed by atoms with van der Waals surface area (Å²) in [7, 11) is 0. The number of fused-ring (bicyclic) bond motifs is 1. The highest BCUT2D eigenvalue weighted by atomic mass is 16.3. The van der Waals surface area contributed by atoms with E-state index in [1.807, 2.05) is 22.9 Å². The van der Waals surface area contributed by atoms with E-state index in [-0.39, 0.29) is 12.0 Å². The second-order valence-corrected chi connectivity index (χ2v) is 4.78. The van der Waals surface area contributed by atoms with E-state index in [1.54, 1.807) is 6.07 Å². The molecule has 5 nitrogen and oxygen atoms in total. The number of hydrogen-bond acceptors (Lipinski definition) is 4. The number of phenols is 1. The summed E-state index contributed by atoms with van der Waals surface area (Å²) in [4.78, 5) is 4.22. The number of phenolic OH excluding ortho intramolecular Hbond substituents is 1. The average Bonchev–Trinajstić information content (AvgIpc) is 2.73. The highest BCUT2D eigenvalue weighted by Gasteiger charge is 2.30. The van der Waals surface area contributed by atoms with Crippen molar-refractivity contribution in [3.63, 3.8) is 0 Å². The Hall–Kier alpha value is -2.04. The van der Waals surface area contributed by atoms with Gasteiger partial charge in [0.25, 0.3) is 0 Å². The van der Waals surface area contributed by atoms with Crippen LogP contribution < -0.4 is 5.73 Å². The van der Waals surface area contributed by atoms with Crippen LogP contribution in [0.3, 0.4) is 0 Å². The number of nitrogens with two attached hydrogens (primary N) is 1. The number of nitrogen functional groups attached to an aromatic ring is 1. The molecule has 1 aliphatic heterocycles. The van der Waals surface area contributed by atoms with Crippen LogP contribution in [0.4, 0.5) is 5.95 Å². The lowest BCUT2D eigenvalue weighted by atomic mass is 9.85. The summed E-state index contributed by atoms with van der Waals surface area (Å²) < 4.78 is 1.88. The fraction of sp³-hybridized carbons (Fsp3) is 0.385. The van der Waals surface area contributed by atoms with Crippen molar-refractivity contribution in [3.05, 3.63) is 35.7 Å². The molecule has 0 bridgehead atoms. The van der Waals surface area contributed by atoms with Crippen LogP contribution in [0.2, 0.25) is 0 Å².